The Kier molecular flexibility index (Phi) is 3.10. The smallest absolute Gasteiger partial charge is 0.364 e. The van der Waals surface area contributed by atoms with Gasteiger partial charge in [-0.25, -0.2) is 4.79 Å². The van der Waals surface area contributed by atoms with Gasteiger partial charge >= 0.3 is 5.63 Å². The first-order valence-corrected chi connectivity index (χ1v) is 6.42. The molecule has 1 aromatic carbocycles. The van der Waals surface area contributed by atoms with Crippen LogP contribution in [0.5, 0.6) is 11.5 Å². The molecule has 0 aliphatic heterocycles. The van der Waals surface area contributed by atoms with Gasteiger partial charge in [0.05, 0.1) is 5.39 Å². The number of hydrogen-bond acceptors (Lipinski definition) is 5. The maximum Gasteiger partial charge on any atom is 0.364 e. The average Bonchev–Trinajstić information content (AvgIpc) is 3.02. The fourth-order valence-corrected chi connectivity index (χ4v) is 2.14. The molecule has 0 fully saturated rings. The number of H-pyrrole nitrogens is 1. The molecule has 3 aromatic rings. The van der Waals surface area contributed by atoms with Crippen molar-refractivity contribution < 1.29 is 19.4 Å². The van der Waals surface area contributed by atoms with Crippen LogP contribution >= 0.6 is 0 Å². The number of aromatic amines is 1. The van der Waals surface area contributed by atoms with E-state index in [0.717, 1.165) is 0 Å². The summed E-state index contributed by atoms with van der Waals surface area (Å²) in [6.07, 6.45) is 1.56. The predicted octanol–water partition coefficient (Wildman–Crippen LogP) is 2.09. The molecular weight excluding hydrogens is 288 g/mol. The Bertz CT molecular complexity index is 925. The van der Waals surface area contributed by atoms with E-state index in [1.165, 1.54) is 18.2 Å². The number of carbonyl (C=O) groups is 1. The molecule has 0 unspecified atom stereocenters. The van der Waals surface area contributed by atoms with Crippen LogP contribution in [0.4, 0.5) is 5.69 Å². The summed E-state index contributed by atoms with van der Waals surface area (Å²) in [5.41, 5.74) is -0.621. The van der Waals surface area contributed by atoms with E-state index >= 15 is 0 Å². The minimum Gasteiger partial charge on any atom is -0.508 e. The van der Waals surface area contributed by atoms with Crippen molar-refractivity contribution in [2.24, 2.45) is 0 Å². The molecular formula is C15H12N2O5. The second-order valence-corrected chi connectivity index (χ2v) is 4.74. The Hall–Kier alpha value is -3.22. The molecule has 7 heteroatoms. The molecule has 0 saturated carbocycles. The van der Waals surface area contributed by atoms with Crippen LogP contribution < -0.4 is 10.9 Å². The van der Waals surface area contributed by atoms with Crippen LogP contribution in [-0.4, -0.2) is 21.1 Å². The molecule has 2 heterocycles. The largest absolute Gasteiger partial charge is 0.508 e. The van der Waals surface area contributed by atoms with Crippen LogP contribution in [0.25, 0.3) is 11.0 Å². The molecule has 0 aliphatic rings. The lowest BCUT2D eigenvalue weighted by atomic mass is 10.1. The summed E-state index contributed by atoms with van der Waals surface area (Å²) < 4.78 is 5.10. The van der Waals surface area contributed by atoms with Gasteiger partial charge in [0, 0.05) is 11.8 Å². The quantitative estimate of drug-likeness (QED) is 0.541. The number of aromatic nitrogens is 1. The second kappa shape index (κ2) is 4.96. The van der Waals surface area contributed by atoms with Crippen LogP contribution in [0.3, 0.4) is 0 Å². The van der Waals surface area contributed by atoms with Crippen LogP contribution in [-0.2, 0) is 0 Å². The van der Waals surface area contributed by atoms with Crippen LogP contribution in [0.2, 0.25) is 0 Å². The SMILES string of the molecule is Cc1c(O)ccc2c(O)c(NC(=O)c3ccc[nH]3)c(=O)oc12. The summed E-state index contributed by atoms with van der Waals surface area (Å²) in [6.45, 7) is 1.55. The van der Waals surface area contributed by atoms with Crippen molar-refractivity contribution in [3.05, 3.63) is 52.1 Å². The first kappa shape index (κ1) is 13.7. The van der Waals surface area contributed by atoms with Gasteiger partial charge in [-0.2, -0.15) is 0 Å². The maximum atomic E-state index is 12.0. The van der Waals surface area contributed by atoms with E-state index in [1.54, 1.807) is 19.2 Å². The third-order valence-electron chi connectivity index (χ3n) is 3.35. The summed E-state index contributed by atoms with van der Waals surface area (Å²) in [5, 5.41) is 22.4. The molecule has 3 rings (SSSR count). The summed E-state index contributed by atoms with van der Waals surface area (Å²) in [4.78, 5) is 26.6. The first-order valence-electron chi connectivity index (χ1n) is 6.42. The van der Waals surface area contributed by atoms with Gasteiger partial charge in [0.2, 0.25) is 0 Å². The van der Waals surface area contributed by atoms with E-state index in [9.17, 15) is 19.8 Å². The van der Waals surface area contributed by atoms with Crippen LogP contribution in [0.1, 0.15) is 16.1 Å². The Labute approximate surface area is 123 Å². The van der Waals surface area contributed by atoms with E-state index in [2.05, 4.69) is 10.3 Å². The molecule has 0 saturated heterocycles. The third-order valence-corrected chi connectivity index (χ3v) is 3.35. The van der Waals surface area contributed by atoms with Crippen molar-refractivity contribution in [2.45, 2.75) is 6.92 Å². The predicted molar refractivity (Wildman–Crippen MR) is 79.3 cm³/mol. The molecule has 0 aliphatic carbocycles. The fourth-order valence-electron chi connectivity index (χ4n) is 2.14. The lowest BCUT2D eigenvalue weighted by Crippen LogP contribution is -2.18. The number of phenols is 1. The Morgan fingerprint density at radius 1 is 1.27 bits per heavy atom. The summed E-state index contributed by atoms with van der Waals surface area (Å²) >= 11 is 0. The molecule has 22 heavy (non-hydrogen) atoms. The lowest BCUT2D eigenvalue weighted by Gasteiger charge is -2.09. The third kappa shape index (κ3) is 2.08. The molecule has 0 radical (unpaired) electrons. The standard InChI is InChI=1S/C15H12N2O5/c1-7-10(18)5-4-8-12(19)11(15(21)22-13(7)8)17-14(20)9-3-2-6-16-9/h2-6,16,18-19H,1H3,(H,17,20). The number of carbonyl (C=O) groups excluding carboxylic acids is 1. The van der Waals surface area contributed by atoms with Gasteiger partial charge in [-0.1, -0.05) is 0 Å². The zero-order valence-corrected chi connectivity index (χ0v) is 11.5. The normalized spacial score (nSPS) is 10.8. The Morgan fingerprint density at radius 2 is 2.05 bits per heavy atom. The Morgan fingerprint density at radius 3 is 2.73 bits per heavy atom. The summed E-state index contributed by atoms with van der Waals surface area (Å²) in [7, 11) is 0. The van der Waals surface area contributed by atoms with E-state index in [0.29, 0.717) is 5.56 Å². The molecule has 0 atom stereocenters. The molecule has 0 spiro atoms. The highest BCUT2D eigenvalue weighted by atomic mass is 16.4. The van der Waals surface area contributed by atoms with Crippen molar-refractivity contribution >= 4 is 22.6 Å². The minimum absolute atomic E-state index is 0.0572. The zero-order chi connectivity index (χ0) is 15.9. The van der Waals surface area contributed by atoms with Crippen LogP contribution in [0, 0.1) is 6.92 Å². The van der Waals surface area contributed by atoms with Gasteiger partial charge in [0.25, 0.3) is 5.91 Å². The number of hydrogen-bond donors (Lipinski definition) is 4. The first-order chi connectivity index (χ1) is 10.5. The van der Waals surface area contributed by atoms with Gasteiger partial charge in [0.15, 0.2) is 11.4 Å². The van der Waals surface area contributed by atoms with Crippen molar-refractivity contribution in [3.8, 4) is 11.5 Å². The molecule has 4 N–H and O–H groups in total. The van der Waals surface area contributed by atoms with Gasteiger partial charge in [0.1, 0.15) is 17.0 Å². The summed E-state index contributed by atoms with van der Waals surface area (Å²) in [6, 6.07) is 5.93. The second-order valence-electron chi connectivity index (χ2n) is 4.74. The van der Waals surface area contributed by atoms with Crippen molar-refractivity contribution in [1.29, 1.82) is 0 Å². The van der Waals surface area contributed by atoms with Crippen molar-refractivity contribution in [3.63, 3.8) is 0 Å². The highest BCUT2D eigenvalue weighted by Gasteiger charge is 2.19. The molecule has 2 aromatic heterocycles. The van der Waals surface area contributed by atoms with Crippen LogP contribution in [0.15, 0.2) is 39.7 Å². The van der Waals surface area contributed by atoms with Gasteiger partial charge in [-0.15, -0.1) is 0 Å². The number of benzene rings is 1. The van der Waals surface area contributed by atoms with E-state index < -0.39 is 17.3 Å². The highest BCUT2D eigenvalue weighted by molar-refractivity contribution is 6.05. The van der Waals surface area contributed by atoms with E-state index in [1.807, 2.05) is 0 Å². The van der Waals surface area contributed by atoms with Crippen molar-refractivity contribution in [2.75, 3.05) is 5.32 Å². The maximum absolute atomic E-state index is 12.0. The lowest BCUT2D eigenvalue weighted by molar-refractivity contribution is 0.102. The number of aromatic hydroxyl groups is 2. The number of anilines is 1. The fraction of sp³-hybridized carbons (Fsp3) is 0.0667. The molecule has 112 valence electrons. The number of aryl methyl sites for hydroxylation is 1. The van der Waals surface area contributed by atoms with Gasteiger partial charge in [-0.05, 0) is 31.2 Å². The monoisotopic (exact) mass is 300 g/mol. The number of amides is 1. The number of nitrogens with one attached hydrogen (secondary N) is 2. The molecule has 7 nitrogen and oxygen atoms in total. The average molecular weight is 300 g/mol. The molecule has 0 bridgehead atoms. The highest BCUT2D eigenvalue weighted by Crippen LogP contribution is 2.34. The van der Waals surface area contributed by atoms with E-state index in [-0.39, 0.29) is 28.1 Å². The number of rotatable bonds is 2. The number of phenolic OH excluding ortho intramolecular Hbond substituents is 1. The summed E-state index contributed by atoms with van der Waals surface area (Å²) in [5.74, 6) is -1.05. The minimum atomic E-state index is -0.904. The zero-order valence-electron chi connectivity index (χ0n) is 11.5. The van der Waals surface area contributed by atoms with Gasteiger partial charge in [-0.3, -0.25) is 4.79 Å². The topological polar surface area (TPSA) is 116 Å². The number of fused-ring (bicyclic) bond motifs is 1. The van der Waals surface area contributed by atoms with Gasteiger partial charge < -0.3 is 24.9 Å². The molecule has 1 amide bonds. The van der Waals surface area contributed by atoms with Crippen molar-refractivity contribution in [1.82, 2.24) is 4.98 Å². The Balaban J connectivity index is 2.13. The van der Waals surface area contributed by atoms with E-state index in [4.69, 9.17) is 4.42 Å².